The van der Waals surface area contributed by atoms with Crippen LogP contribution in [0.2, 0.25) is 5.04 Å². The summed E-state index contributed by atoms with van der Waals surface area (Å²) in [5.74, 6) is 0. The molecule has 0 amide bonds. The second-order valence-corrected chi connectivity index (χ2v) is 14.1. The highest BCUT2D eigenvalue weighted by Gasteiger charge is 2.52. The first kappa shape index (κ1) is 22.9. The Morgan fingerprint density at radius 3 is 1.81 bits per heavy atom. The van der Waals surface area contributed by atoms with E-state index in [1.54, 1.807) is 0 Å². The zero-order chi connectivity index (χ0) is 22.6. The minimum absolute atomic E-state index is 0.0444. The van der Waals surface area contributed by atoms with Gasteiger partial charge in [0.15, 0.2) is 0 Å². The summed E-state index contributed by atoms with van der Waals surface area (Å²) in [6, 6.07) is 32.3. The normalized spacial score (nSPS) is 19.9. The van der Waals surface area contributed by atoms with Gasteiger partial charge in [-0.05, 0) is 27.4 Å². The first-order chi connectivity index (χ1) is 15.4. The molecule has 1 fully saturated rings. The minimum atomic E-state index is -2.59. The number of hydrogen-bond acceptors (Lipinski definition) is 3. The number of rotatable bonds is 7. The molecule has 1 heterocycles. The fraction of sp³-hybridized carbons (Fsp3) is 0.357. The Balaban J connectivity index is 1.69. The van der Waals surface area contributed by atoms with Gasteiger partial charge in [-0.1, -0.05) is 112 Å². The van der Waals surface area contributed by atoms with Gasteiger partial charge in [-0.2, -0.15) is 0 Å². The quantitative estimate of drug-likeness (QED) is 0.553. The van der Waals surface area contributed by atoms with Gasteiger partial charge in [-0.15, -0.1) is 0 Å². The van der Waals surface area contributed by atoms with Gasteiger partial charge in [-0.25, -0.2) is 0 Å². The van der Waals surface area contributed by atoms with Gasteiger partial charge in [0.1, 0.15) is 0 Å². The second kappa shape index (κ2) is 9.71. The molecule has 3 nitrogen and oxygen atoms in total. The summed E-state index contributed by atoms with van der Waals surface area (Å²) in [6.45, 7) is 8.79. The molecule has 1 aliphatic heterocycles. The number of benzene rings is 3. The maximum absolute atomic E-state index is 10.1. The lowest BCUT2D eigenvalue weighted by atomic mass is 10.2. The van der Waals surface area contributed by atoms with Gasteiger partial charge in [-0.3, -0.25) is 4.90 Å². The summed E-state index contributed by atoms with van der Waals surface area (Å²) in [5.41, 5.74) is 1.28. The van der Waals surface area contributed by atoms with Gasteiger partial charge in [0, 0.05) is 19.1 Å². The Kier molecular flexibility index (Phi) is 6.96. The summed E-state index contributed by atoms with van der Waals surface area (Å²) < 4.78 is 7.32. The summed E-state index contributed by atoms with van der Waals surface area (Å²) in [5, 5.41) is 12.7. The lowest BCUT2D eigenvalue weighted by molar-refractivity contribution is 0.151. The maximum Gasteiger partial charge on any atom is 0.261 e. The zero-order valence-corrected chi connectivity index (χ0v) is 20.4. The van der Waals surface area contributed by atoms with Crippen LogP contribution in [-0.2, 0) is 11.0 Å². The van der Waals surface area contributed by atoms with Crippen molar-refractivity contribution >= 4 is 18.7 Å². The van der Waals surface area contributed by atoms with Crippen LogP contribution in [0.3, 0.4) is 0 Å². The van der Waals surface area contributed by atoms with Crippen molar-refractivity contribution in [2.24, 2.45) is 0 Å². The first-order valence-corrected chi connectivity index (χ1v) is 13.5. The molecule has 0 radical (unpaired) electrons. The number of aliphatic hydroxyl groups excluding tert-OH is 1. The van der Waals surface area contributed by atoms with Crippen LogP contribution in [0.4, 0.5) is 0 Å². The van der Waals surface area contributed by atoms with Crippen LogP contribution in [0, 0.1) is 0 Å². The van der Waals surface area contributed by atoms with Crippen LogP contribution >= 0.6 is 0 Å². The van der Waals surface area contributed by atoms with Crippen LogP contribution < -0.4 is 10.4 Å². The molecule has 0 aromatic heterocycles. The van der Waals surface area contributed by atoms with E-state index >= 15 is 0 Å². The van der Waals surface area contributed by atoms with Crippen LogP contribution in [0.1, 0.15) is 32.8 Å². The van der Waals surface area contributed by atoms with E-state index in [0.29, 0.717) is 0 Å². The molecule has 0 saturated carbocycles. The highest BCUT2D eigenvalue weighted by Crippen LogP contribution is 2.39. The van der Waals surface area contributed by atoms with E-state index in [-0.39, 0.29) is 23.8 Å². The Labute approximate surface area is 193 Å². The molecule has 1 N–H and O–H groups in total. The molecule has 168 valence electrons. The third-order valence-electron chi connectivity index (χ3n) is 6.69. The summed E-state index contributed by atoms with van der Waals surface area (Å²) >= 11 is 0. The smallest absolute Gasteiger partial charge is 0.261 e. The molecular formula is C28H35NO2Si. The van der Waals surface area contributed by atoms with Crippen LogP contribution in [-0.4, -0.2) is 43.6 Å². The van der Waals surface area contributed by atoms with E-state index in [1.165, 1.54) is 15.9 Å². The van der Waals surface area contributed by atoms with Gasteiger partial charge in [0.05, 0.1) is 12.7 Å². The summed E-state index contributed by atoms with van der Waals surface area (Å²) in [7, 11) is -2.59. The predicted molar refractivity (Wildman–Crippen MR) is 135 cm³/mol. The summed E-state index contributed by atoms with van der Waals surface area (Å²) in [4.78, 5) is 2.39. The number of likely N-dealkylation sites (tertiary alicyclic amines) is 1. The fourth-order valence-corrected chi connectivity index (χ4v) is 9.85. The maximum atomic E-state index is 10.1. The summed E-state index contributed by atoms with van der Waals surface area (Å²) in [6.07, 6.45) is 0.940. The molecule has 0 bridgehead atoms. The third-order valence-corrected chi connectivity index (χ3v) is 11.8. The van der Waals surface area contributed by atoms with Crippen molar-refractivity contribution in [2.75, 3.05) is 13.2 Å². The molecule has 0 unspecified atom stereocenters. The highest BCUT2D eigenvalue weighted by molar-refractivity contribution is 6.99. The molecule has 3 aromatic carbocycles. The van der Waals surface area contributed by atoms with E-state index < -0.39 is 8.32 Å². The SMILES string of the molecule is CC(C)(C)[Si](O[C@@H]1C[C@@H](CO)N(Cc2ccccc2)C1)(c1ccccc1)c1ccccc1. The lowest BCUT2D eigenvalue weighted by Crippen LogP contribution is -2.67. The average Bonchev–Trinajstić information content (AvgIpc) is 3.19. The lowest BCUT2D eigenvalue weighted by Gasteiger charge is -2.44. The fourth-order valence-electron chi connectivity index (χ4n) is 5.17. The molecule has 3 aromatic rings. The number of nitrogens with zero attached hydrogens (tertiary/aromatic N) is 1. The van der Waals surface area contributed by atoms with E-state index in [4.69, 9.17) is 4.43 Å². The average molecular weight is 446 g/mol. The molecule has 1 saturated heterocycles. The highest BCUT2D eigenvalue weighted by atomic mass is 28.4. The van der Waals surface area contributed by atoms with Crippen molar-refractivity contribution in [2.45, 2.75) is 50.9 Å². The minimum Gasteiger partial charge on any atom is -0.403 e. The predicted octanol–water partition coefficient (Wildman–Crippen LogP) is 4.20. The monoisotopic (exact) mass is 445 g/mol. The van der Waals surface area contributed by atoms with Crippen molar-refractivity contribution in [3.8, 4) is 0 Å². The molecule has 4 rings (SSSR count). The van der Waals surface area contributed by atoms with Gasteiger partial charge < -0.3 is 9.53 Å². The van der Waals surface area contributed by atoms with Crippen LogP contribution in [0.5, 0.6) is 0 Å². The molecule has 1 aliphatic rings. The van der Waals surface area contributed by atoms with Crippen molar-refractivity contribution in [1.29, 1.82) is 0 Å². The number of hydrogen-bond donors (Lipinski definition) is 1. The van der Waals surface area contributed by atoms with Crippen LogP contribution in [0.15, 0.2) is 91.0 Å². The Morgan fingerprint density at radius 1 is 0.844 bits per heavy atom. The molecule has 2 atom stereocenters. The van der Waals surface area contributed by atoms with E-state index in [9.17, 15) is 5.11 Å². The first-order valence-electron chi connectivity index (χ1n) is 11.6. The molecule has 32 heavy (non-hydrogen) atoms. The largest absolute Gasteiger partial charge is 0.403 e. The van der Waals surface area contributed by atoms with Crippen LogP contribution in [0.25, 0.3) is 0 Å². The molecular weight excluding hydrogens is 410 g/mol. The molecule has 4 heteroatoms. The van der Waals surface area contributed by atoms with Crippen molar-refractivity contribution in [3.63, 3.8) is 0 Å². The Bertz CT molecular complexity index is 933. The second-order valence-electron chi connectivity index (χ2n) is 9.89. The van der Waals surface area contributed by atoms with Gasteiger partial charge in [0.25, 0.3) is 8.32 Å². The van der Waals surface area contributed by atoms with Crippen molar-refractivity contribution < 1.29 is 9.53 Å². The van der Waals surface area contributed by atoms with Gasteiger partial charge >= 0.3 is 0 Å². The number of aliphatic hydroxyl groups is 1. The Hall–Kier alpha value is -2.24. The van der Waals surface area contributed by atoms with E-state index in [0.717, 1.165) is 19.5 Å². The Morgan fingerprint density at radius 2 is 1.34 bits per heavy atom. The van der Waals surface area contributed by atoms with Crippen molar-refractivity contribution in [3.05, 3.63) is 96.6 Å². The molecule has 0 aliphatic carbocycles. The molecule has 0 spiro atoms. The van der Waals surface area contributed by atoms with Crippen molar-refractivity contribution in [1.82, 2.24) is 4.90 Å². The third kappa shape index (κ3) is 4.60. The standard InChI is InChI=1S/C28H35NO2Si/c1-28(2,3)32(26-15-9-5-10-16-26,27-17-11-6-12-18-27)31-25-19-24(22-30)29(21-25)20-23-13-7-4-8-14-23/h4-18,24-25,30H,19-22H2,1-3H3/t24-,25+/m0/s1. The van der Waals surface area contributed by atoms with E-state index in [1.807, 2.05) is 6.07 Å². The topological polar surface area (TPSA) is 32.7 Å². The zero-order valence-electron chi connectivity index (χ0n) is 19.4. The van der Waals surface area contributed by atoms with Gasteiger partial charge in [0.2, 0.25) is 0 Å². The van der Waals surface area contributed by atoms with E-state index in [2.05, 4.69) is 111 Å².